The molecule has 1 unspecified atom stereocenters. The zero-order valence-corrected chi connectivity index (χ0v) is 9.39. The second kappa shape index (κ2) is 4.98. The Morgan fingerprint density at radius 3 is 2.94 bits per heavy atom. The molecule has 1 fully saturated rings. The number of rotatable bonds is 1. The van der Waals surface area contributed by atoms with Gasteiger partial charge in [-0.3, -0.25) is 4.57 Å². The molecule has 17 heavy (non-hydrogen) atoms. The van der Waals surface area contributed by atoms with E-state index in [1.165, 1.54) is 12.7 Å². The maximum absolute atomic E-state index is 5.94. The van der Waals surface area contributed by atoms with Crippen LogP contribution in [0.2, 0.25) is 5.15 Å². The van der Waals surface area contributed by atoms with Crippen LogP contribution in [0.1, 0.15) is 32.9 Å². The van der Waals surface area contributed by atoms with Crippen LogP contribution >= 0.6 is 11.6 Å². The highest BCUT2D eigenvalue weighted by molar-refractivity contribution is 6.33. The Hall–Kier alpha value is -1.20. The molecule has 0 aliphatic carbocycles. The van der Waals surface area contributed by atoms with Gasteiger partial charge in [0.2, 0.25) is 0 Å². The van der Waals surface area contributed by atoms with Crippen molar-refractivity contribution in [3.63, 3.8) is 0 Å². The van der Waals surface area contributed by atoms with Crippen molar-refractivity contribution in [3.05, 3.63) is 17.8 Å². The van der Waals surface area contributed by atoms with Gasteiger partial charge in [0.25, 0.3) is 0 Å². The first-order valence-electron chi connectivity index (χ1n) is 5.31. The summed E-state index contributed by atoms with van der Waals surface area (Å²) in [5.74, 6) is 0. The molecule has 0 aromatic carbocycles. The van der Waals surface area contributed by atoms with Gasteiger partial charge < -0.3 is 4.74 Å². The van der Waals surface area contributed by atoms with Crippen LogP contribution < -0.4 is 0 Å². The van der Waals surface area contributed by atoms with E-state index in [0.717, 1.165) is 25.1 Å². The molecule has 0 amide bonds. The van der Waals surface area contributed by atoms with E-state index in [9.17, 15) is 0 Å². The SMILES string of the molecule is C.Clc1ncnc2c1ncn2C1CCCCO1. The molecular formula is C11H15ClN4O. The van der Waals surface area contributed by atoms with E-state index < -0.39 is 0 Å². The van der Waals surface area contributed by atoms with E-state index in [1.54, 1.807) is 6.33 Å². The van der Waals surface area contributed by atoms with Crippen LogP contribution in [-0.2, 0) is 4.74 Å². The molecule has 1 saturated heterocycles. The lowest BCUT2D eigenvalue weighted by molar-refractivity contribution is -0.0298. The fourth-order valence-electron chi connectivity index (χ4n) is 1.98. The molecule has 2 aromatic rings. The number of fused-ring (bicyclic) bond motifs is 1. The van der Waals surface area contributed by atoms with Gasteiger partial charge in [0, 0.05) is 6.61 Å². The molecule has 3 rings (SSSR count). The minimum Gasteiger partial charge on any atom is -0.358 e. The average molecular weight is 255 g/mol. The molecule has 92 valence electrons. The van der Waals surface area contributed by atoms with Crippen LogP contribution in [0.25, 0.3) is 11.2 Å². The van der Waals surface area contributed by atoms with Gasteiger partial charge in [-0.05, 0) is 19.3 Å². The van der Waals surface area contributed by atoms with Gasteiger partial charge in [-0.1, -0.05) is 19.0 Å². The van der Waals surface area contributed by atoms with Gasteiger partial charge in [-0.25, -0.2) is 15.0 Å². The summed E-state index contributed by atoms with van der Waals surface area (Å²) in [6.07, 6.45) is 6.49. The standard InChI is InChI=1S/C10H11ClN4O.CH4/c11-9-8-10(13-5-12-9)15(6-14-8)7-3-1-2-4-16-7;/h5-7H,1-4H2;1H4. The predicted molar refractivity (Wildman–Crippen MR) is 65.9 cm³/mol. The molecule has 0 saturated carbocycles. The van der Waals surface area contributed by atoms with Crippen molar-refractivity contribution in [3.8, 4) is 0 Å². The molecule has 0 radical (unpaired) electrons. The fraction of sp³-hybridized carbons (Fsp3) is 0.545. The van der Waals surface area contributed by atoms with Crippen LogP contribution in [0.3, 0.4) is 0 Å². The summed E-state index contributed by atoms with van der Waals surface area (Å²) in [5.41, 5.74) is 1.38. The monoisotopic (exact) mass is 254 g/mol. The molecule has 5 nitrogen and oxygen atoms in total. The van der Waals surface area contributed by atoms with Gasteiger partial charge >= 0.3 is 0 Å². The lowest BCUT2D eigenvalue weighted by Gasteiger charge is -2.23. The highest BCUT2D eigenvalue weighted by atomic mass is 35.5. The Labute approximate surface area is 105 Å². The Balaban J connectivity index is 0.00000108. The minimum atomic E-state index is 0. The normalized spacial score (nSPS) is 20.2. The van der Waals surface area contributed by atoms with Crippen molar-refractivity contribution in [2.45, 2.75) is 32.9 Å². The van der Waals surface area contributed by atoms with Gasteiger partial charge in [-0.2, -0.15) is 0 Å². The summed E-state index contributed by atoms with van der Waals surface area (Å²) in [4.78, 5) is 12.3. The molecular weight excluding hydrogens is 240 g/mol. The third-order valence-electron chi connectivity index (χ3n) is 2.78. The van der Waals surface area contributed by atoms with Crippen LogP contribution in [0.15, 0.2) is 12.7 Å². The number of ether oxygens (including phenoxy) is 1. The third kappa shape index (κ3) is 2.12. The summed E-state index contributed by atoms with van der Waals surface area (Å²) < 4.78 is 7.62. The summed E-state index contributed by atoms with van der Waals surface area (Å²) in [5, 5.41) is 0.388. The lowest BCUT2D eigenvalue weighted by atomic mass is 10.2. The van der Waals surface area contributed by atoms with Gasteiger partial charge in [0.1, 0.15) is 18.1 Å². The van der Waals surface area contributed by atoms with Gasteiger partial charge in [-0.15, -0.1) is 0 Å². The first-order chi connectivity index (χ1) is 7.86. The average Bonchev–Trinajstić information content (AvgIpc) is 2.75. The minimum absolute atomic E-state index is 0. The highest BCUT2D eigenvalue weighted by Crippen LogP contribution is 2.26. The first-order valence-corrected chi connectivity index (χ1v) is 5.68. The summed E-state index contributed by atoms with van der Waals surface area (Å²) in [7, 11) is 0. The van der Waals surface area contributed by atoms with Crippen molar-refractivity contribution >= 4 is 22.8 Å². The zero-order valence-electron chi connectivity index (χ0n) is 8.64. The van der Waals surface area contributed by atoms with Crippen molar-refractivity contribution < 1.29 is 4.74 Å². The molecule has 1 aliphatic heterocycles. The second-order valence-corrected chi connectivity index (χ2v) is 4.17. The number of halogens is 1. The molecule has 2 aromatic heterocycles. The van der Waals surface area contributed by atoms with Gasteiger partial charge in [0.05, 0.1) is 6.33 Å². The molecule has 3 heterocycles. The fourth-order valence-corrected chi connectivity index (χ4v) is 2.15. The van der Waals surface area contributed by atoms with E-state index in [-0.39, 0.29) is 13.7 Å². The van der Waals surface area contributed by atoms with Gasteiger partial charge in [0.15, 0.2) is 10.8 Å². The first kappa shape index (κ1) is 12.3. The van der Waals surface area contributed by atoms with Crippen LogP contribution in [-0.4, -0.2) is 26.1 Å². The van der Waals surface area contributed by atoms with Crippen LogP contribution in [0.4, 0.5) is 0 Å². The number of aromatic nitrogens is 4. The predicted octanol–water partition coefficient (Wildman–Crippen LogP) is 2.81. The Morgan fingerprint density at radius 1 is 1.29 bits per heavy atom. The number of hydrogen-bond donors (Lipinski definition) is 0. The molecule has 6 heteroatoms. The second-order valence-electron chi connectivity index (χ2n) is 3.81. The molecule has 0 bridgehead atoms. The zero-order chi connectivity index (χ0) is 11.0. The van der Waals surface area contributed by atoms with Crippen molar-refractivity contribution in [1.82, 2.24) is 19.5 Å². The number of imidazole rings is 1. The smallest absolute Gasteiger partial charge is 0.166 e. The van der Waals surface area contributed by atoms with E-state index in [2.05, 4.69) is 15.0 Å². The van der Waals surface area contributed by atoms with E-state index in [4.69, 9.17) is 16.3 Å². The van der Waals surface area contributed by atoms with Crippen molar-refractivity contribution in [2.24, 2.45) is 0 Å². The van der Waals surface area contributed by atoms with E-state index in [1.807, 2.05) is 4.57 Å². The van der Waals surface area contributed by atoms with Crippen molar-refractivity contribution in [1.29, 1.82) is 0 Å². The van der Waals surface area contributed by atoms with E-state index in [0.29, 0.717) is 10.7 Å². The lowest BCUT2D eigenvalue weighted by Crippen LogP contribution is -2.17. The molecule has 0 spiro atoms. The van der Waals surface area contributed by atoms with Crippen LogP contribution in [0.5, 0.6) is 0 Å². The maximum atomic E-state index is 5.94. The number of hydrogen-bond acceptors (Lipinski definition) is 4. The Bertz CT molecular complexity index is 507. The van der Waals surface area contributed by atoms with E-state index >= 15 is 0 Å². The number of nitrogens with zero attached hydrogens (tertiary/aromatic N) is 4. The van der Waals surface area contributed by atoms with Crippen molar-refractivity contribution in [2.75, 3.05) is 6.61 Å². The Kier molecular flexibility index (Phi) is 3.59. The van der Waals surface area contributed by atoms with Crippen LogP contribution in [0, 0.1) is 0 Å². The summed E-state index contributed by atoms with van der Waals surface area (Å²) in [6.45, 7) is 0.795. The summed E-state index contributed by atoms with van der Waals surface area (Å²) >= 11 is 5.94. The third-order valence-corrected chi connectivity index (χ3v) is 3.06. The largest absolute Gasteiger partial charge is 0.358 e. The topological polar surface area (TPSA) is 52.8 Å². The molecule has 1 atom stereocenters. The maximum Gasteiger partial charge on any atom is 0.166 e. The quantitative estimate of drug-likeness (QED) is 0.735. The highest BCUT2D eigenvalue weighted by Gasteiger charge is 2.19. The summed E-state index contributed by atoms with van der Waals surface area (Å²) in [6, 6.07) is 0. The molecule has 0 N–H and O–H groups in total. The molecule has 1 aliphatic rings. The Morgan fingerprint density at radius 2 is 2.18 bits per heavy atom.